The Morgan fingerprint density at radius 3 is 2.57 bits per heavy atom. The van der Waals surface area contributed by atoms with E-state index in [-0.39, 0.29) is 12.3 Å². The van der Waals surface area contributed by atoms with E-state index in [1.807, 2.05) is 51.1 Å². The molecule has 0 aliphatic heterocycles. The summed E-state index contributed by atoms with van der Waals surface area (Å²) in [5.74, 6) is 0.244. The van der Waals surface area contributed by atoms with Crippen molar-refractivity contribution in [3.8, 4) is 0 Å². The second kappa shape index (κ2) is 6.08. The molecule has 0 bridgehead atoms. The second-order valence-corrected chi connectivity index (χ2v) is 6.08. The van der Waals surface area contributed by atoms with Crippen LogP contribution in [0.1, 0.15) is 50.5 Å². The molecule has 1 N–H and O–H groups in total. The van der Waals surface area contributed by atoms with Gasteiger partial charge in [0.2, 0.25) is 11.8 Å². The summed E-state index contributed by atoms with van der Waals surface area (Å²) in [7, 11) is 0. The van der Waals surface area contributed by atoms with Gasteiger partial charge >= 0.3 is 5.97 Å². The zero-order valence-corrected chi connectivity index (χ0v) is 12.5. The van der Waals surface area contributed by atoms with E-state index in [2.05, 4.69) is 10.2 Å². The Kier molecular flexibility index (Phi) is 4.40. The Labute approximate surface area is 124 Å². The highest BCUT2D eigenvalue weighted by molar-refractivity contribution is 5.67. The second-order valence-electron chi connectivity index (χ2n) is 6.08. The molecule has 1 aromatic carbocycles. The van der Waals surface area contributed by atoms with E-state index in [1.165, 1.54) is 0 Å². The first-order valence-electron chi connectivity index (χ1n) is 6.96. The molecule has 0 radical (unpaired) electrons. The maximum atomic E-state index is 10.8. The zero-order valence-electron chi connectivity index (χ0n) is 12.5. The summed E-state index contributed by atoms with van der Waals surface area (Å²) in [5.41, 5.74) is 0.698. The van der Waals surface area contributed by atoms with E-state index >= 15 is 0 Å². The van der Waals surface area contributed by atoms with Crippen LogP contribution in [0, 0.1) is 5.41 Å². The summed E-state index contributed by atoms with van der Waals surface area (Å²) in [6.07, 6.45) is 0.521. The Morgan fingerprint density at radius 1 is 1.29 bits per heavy atom. The smallest absolute Gasteiger partial charge is 0.303 e. The van der Waals surface area contributed by atoms with Crippen LogP contribution in [0.4, 0.5) is 0 Å². The molecule has 2 rings (SSSR count). The summed E-state index contributed by atoms with van der Waals surface area (Å²) < 4.78 is 5.70. The van der Waals surface area contributed by atoms with Crippen LogP contribution in [-0.4, -0.2) is 21.3 Å². The average Bonchev–Trinajstić information content (AvgIpc) is 2.85. The molecule has 5 nitrogen and oxygen atoms in total. The fourth-order valence-electron chi connectivity index (χ4n) is 2.28. The summed E-state index contributed by atoms with van der Waals surface area (Å²) in [6, 6.07) is 9.94. The summed E-state index contributed by atoms with van der Waals surface area (Å²) >= 11 is 0. The number of carbonyl (C=O) groups is 1. The fourth-order valence-corrected chi connectivity index (χ4v) is 2.28. The van der Waals surface area contributed by atoms with Gasteiger partial charge in [-0.2, -0.15) is 0 Å². The quantitative estimate of drug-likeness (QED) is 0.882. The SMILES string of the molecule is CC(c1ccccc1)c1nnc(CC(C)(C)CC(=O)O)o1. The number of hydrogen-bond acceptors (Lipinski definition) is 4. The van der Waals surface area contributed by atoms with Crippen LogP contribution < -0.4 is 0 Å². The van der Waals surface area contributed by atoms with Gasteiger partial charge in [-0.15, -0.1) is 10.2 Å². The van der Waals surface area contributed by atoms with Gasteiger partial charge in [0.15, 0.2) is 0 Å². The van der Waals surface area contributed by atoms with E-state index in [0.717, 1.165) is 5.56 Å². The van der Waals surface area contributed by atoms with E-state index in [0.29, 0.717) is 18.2 Å². The van der Waals surface area contributed by atoms with Crippen molar-refractivity contribution in [1.82, 2.24) is 10.2 Å². The lowest BCUT2D eigenvalue weighted by atomic mass is 9.86. The monoisotopic (exact) mass is 288 g/mol. The minimum atomic E-state index is -0.822. The topological polar surface area (TPSA) is 76.2 Å². The van der Waals surface area contributed by atoms with Gasteiger partial charge in [0.05, 0.1) is 12.3 Å². The highest BCUT2D eigenvalue weighted by atomic mass is 16.4. The number of hydrogen-bond donors (Lipinski definition) is 1. The van der Waals surface area contributed by atoms with Crippen molar-refractivity contribution in [2.45, 2.75) is 39.5 Å². The molecule has 1 heterocycles. The van der Waals surface area contributed by atoms with Crippen molar-refractivity contribution < 1.29 is 14.3 Å². The largest absolute Gasteiger partial charge is 0.481 e. The standard InChI is InChI=1S/C16H20N2O3/c1-11(12-7-5-4-6-8-12)15-18-17-13(21-15)9-16(2,3)10-14(19)20/h4-8,11H,9-10H2,1-3H3,(H,19,20). The number of carboxylic acids is 1. The third-order valence-electron chi connectivity index (χ3n) is 3.41. The van der Waals surface area contributed by atoms with Gasteiger partial charge in [-0.05, 0) is 17.9 Å². The molecule has 0 saturated carbocycles. The summed E-state index contributed by atoms with van der Waals surface area (Å²) in [5, 5.41) is 17.0. The van der Waals surface area contributed by atoms with Gasteiger partial charge in [0.25, 0.3) is 0 Å². The van der Waals surface area contributed by atoms with Crippen LogP contribution in [-0.2, 0) is 11.2 Å². The molecule has 21 heavy (non-hydrogen) atoms. The van der Waals surface area contributed by atoms with Crippen molar-refractivity contribution in [1.29, 1.82) is 0 Å². The van der Waals surface area contributed by atoms with E-state index < -0.39 is 11.4 Å². The van der Waals surface area contributed by atoms with Crippen LogP contribution in [0.5, 0.6) is 0 Å². The van der Waals surface area contributed by atoms with Crippen molar-refractivity contribution in [2.24, 2.45) is 5.41 Å². The maximum absolute atomic E-state index is 10.8. The van der Waals surface area contributed by atoms with Crippen molar-refractivity contribution in [2.75, 3.05) is 0 Å². The Balaban J connectivity index is 2.10. The molecule has 112 valence electrons. The molecule has 0 amide bonds. The Hall–Kier alpha value is -2.17. The lowest BCUT2D eigenvalue weighted by Crippen LogP contribution is -2.19. The number of nitrogens with zero attached hydrogens (tertiary/aromatic N) is 2. The number of carboxylic acid groups (broad SMARTS) is 1. The molecule has 5 heteroatoms. The number of aromatic nitrogens is 2. The summed E-state index contributed by atoms with van der Waals surface area (Å²) in [4.78, 5) is 10.8. The van der Waals surface area contributed by atoms with Gasteiger partial charge in [-0.3, -0.25) is 4.79 Å². The minimum Gasteiger partial charge on any atom is -0.481 e. The molecule has 1 unspecified atom stereocenters. The van der Waals surface area contributed by atoms with Gasteiger partial charge in [0.1, 0.15) is 0 Å². The van der Waals surface area contributed by atoms with E-state index in [1.54, 1.807) is 0 Å². The molecule has 0 aliphatic rings. The van der Waals surface area contributed by atoms with Gasteiger partial charge in [0, 0.05) is 6.42 Å². The van der Waals surface area contributed by atoms with Crippen LogP contribution in [0.15, 0.2) is 34.7 Å². The lowest BCUT2D eigenvalue weighted by molar-refractivity contribution is -0.139. The first-order chi connectivity index (χ1) is 9.87. The normalized spacial score (nSPS) is 13.1. The van der Waals surface area contributed by atoms with Crippen molar-refractivity contribution >= 4 is 5.97 Å². The van der Waals surface area contributed by atoms with Gasteiger partial charge in [-0.25, -0.2) is 0 Å². The third kappa shape index (κ3) is 4.15. The predicted octanol–water partition coefficient (Wildman–Crippen LogP) is 3.26. The zero-order chi connectivity index (χ0) is 15.5. The fraction of sp³-hybridized carbons (Fsp3) is 0.438. The average molecular weight is 288 g/mol. The van der Waals surface area contributed by atoms with Crippen LogP contribution >= 0.6 is 0 Å². The van der Waals surface area contributed by atoms with E-state index in [9.17, 15) is 4.79 Å². The molecule has 0 spiro atoms. The van der Waals surface area contributed by atoms with E-state index in [4.69, 9.17) is 9.52 Å². The molecule has 0 saturated heterocycles. The lowest BCUT2D eigenvalue weighted by Gasteiger charge is -2.19. The highest BCUT2D eigenvalue weighted by Gasteiger charge is 2.26. The maximum Gasteiger partial charge on any atom is 0.303 e. The Morgan fingerprint density at radius 2 is 1.95 bits per heavy atom. The molecule has 0 aliphatic carbocycles. The van der Waals surface area contributed by atoms with Crippen molar-refractivity contribution in [3.63, 3.8) is 0 Å². The molecular formula is C16H20N2O3. The predicted molar refractivity (Wildman–Crippen MR) is 78.0 cm³/mol. The third-order valence-corrected chi connectivity index (χ3v) is 3.41. The van der Waals surface area contributed by atoms with Gasteiger partial charge < -0.3 is 9.52 Å². The minimum absolute atomic E-state index is 0.0232. The molecule has 0 fully saturated rings. The molecule has 1 aromatic heterocycles. The first-order valence-corrected chi connectivity index (χ1v) is 6.96. The number of rotatable bonds is 6. The van der Waals surface area contributed by atoms with Gasteiger partial charge in [-0.1, -0.05) is 44.2 Å². The van der Waals surface area contributed by atoms with Crippen LogP contribution in [0.2, 0.25) is 0 Å². The number of aliphatic carboxylic acids is 1. The molecular weight excluding hydrogens is 268 g/mol. The van der Waals surface area contributed by atoms with Crippen molar-refractivity contribution in [3.05, 3.63) is 47.7 Å². The number of benzene rings is 1. The van der Waals surface area contributed by atoms with Crippen LogP contribution in [0.3, 0.4) is 0 Å². The first kappa shape index (κ1) is 15.2. The molecule has 2 aromatic rings. The highest BCUT2D eigenvalue weighted by Crippen LogP contribution is 2.28. The Bertz CT molecular complexity index is 605. The molecule has 1 atom stereocenters. The van der Waals surface area contributed by atoms with Crippen LogP contribution in [0.25, 0.3) is 0 Å². The summed E-state index contributed by atoms with van der Waals surface area (Å²) in [6.45, 7) is 5.77.